The smallest absolute Gasteiger partial charge is 0.306 e. The second-order valence-corrected chi connectivity index (χ2v) is 21.0. The molecule has 6 heteroatoms. The summed E-state index contributed by atoms with van der Waals surface area (Å²) in [7, 11) is 0. The van der Waals surface area contributed by atoms with Gasteiger partial charge in [-0.05, 0) is 83.5 Å². The number of hydrogen-bond donors (Lipinski definition) is 0. The molecule has 71 heavy (non-hydrogen) atoms. The van der Waals surface area contributed by atoms with Crippen molar-refractivity contribution in [3.63, 3.8) is 0 Å². The van der Waals surface area contributed by atoms with Gasteiger partial charge in [-0.2, -0.15) is 0 Å². The van der Waals surface area contributed by atoms with E-state index in [1.165, 1.54) is 218 Å². The first-order valence-electron chi connectivity index (χ1n) is 31.1. The first-order chi connectivity index (χ1) is 35.0. The predicted molar refractivity (Wildman–Crippen MR) is 307 cm³/mol. The van der Waals surface area contributed by atoms with Gasteiger partial charge in [-0.3, -0.25) is 14.4 Å². The van der Waals surface area contributed by atoms with Gasteiger partial charge in [-0.1, -0.05) is 275 Å². The number of esters is 3. The molecule has 0 N–H and O–H groups in total. The molecular formula is C65H118O6. The fraction of sp³-hybridized carbons (Fsp3) is 0.831. The molecule has 0 aliphatic rings. The van der Waals surface area contributed by atoms with Crippen molar-refractivity contribution in [2.24, 2.45) is 0 Å². The van der Waals surface area contributed by atoms with Gasteiger partial charge in [-0.25, -0.2) is 0 Å². The monoisotopic (exact) mass is 995 g/mol. The van der Waals surface area contributed by atoms with Crippen LogP contribution >= 0.6 is 0 Å². The van der Waals surface area contributed by atoms with Gasteiger partial charge < -0.3 is 14.2 Å². The van der Waals surface area contributed by atoms with Crippen molar-refractivity contribution in [2.75, 3.05) is 13.2 Å². The van der Waals surface area contributed by atoms with Crippen molar-refractivity contribution in [3.8, 4) is 0 Å². The molecule has 0 spiro atoms. The first-order valence-corrected chi connectivity index (χ1v) is 31.1. The third-order valence-electron chi connectivity index (χ3n) is 13.8. The lowest BCUT2D eigenvalue weighted by atomic mass is 10.0. The van der Waals surface area contributed by atoms with Crippen LogP contribution in [-0.4, -0.2) is 37.2 Å². The maximum absolute atomic E-state index is 12.9. The van der Waals surface area contributed by atoms with Crippen LogP contribution in [0.25, 0.3) is 0 Å². The van der Waals surface area contributed by atoms with E-state index in [1.807, 2.05) is 0 Å². The lowest BCUT2D eigenvalue weighted by molar-refractivity contribution is -0.167. The first kappa shape index (κ1) is 68.4. The van der Waals surface area contributed by atoms with Crippen LogP contribution in [0.5, 0.6) is 0 Å². The van der Waals surface area contributed by atoms with Crippen molar-refractivity contribution in [3.05, 3.63) is 48.6 Å². The van der Waals surface area contributed by atoms with Crippen molar-refractivity contribution < 1.29 is 28.6 Å². The van der Waals surface area contributed by atoms with E-state index in [0.717, 1.165) is 70.6 Å². The maximum atomic E-state index is 12.9. The minimum absolute atomic E-state index is 0.0725. The van der Waals surface area contributed by atoms with Gasteiger partial charge in [0.25, 0.3) is 0 Å². The van der Waals surface area contributed by atoms with E-state index in [2.05, 4.69) is 69.4 Å². The zero-order valence-corrected chi connectivity index (χ0v) is 47.5. The van der Waals surface area contributed by atoms with E-state index in [4.69, 9.17) is 14.2 Å². The Labute approximate surface area is 441 Å². The average Bonchev–Trinajstić information content (AvgIpc) is 3.37. The molecule has 0 bridgehead atoms. The Morgan fingerprint density at radius 2 is 0.507 bits per heavy atom. The molecule has 0 fully saturated rings. The van der Waals surface area contributed by atoms with Crippen LogP contribution in [0.3, 0.4) is 0 Å². The summed E-state index contributed by atoms with van der Waals surface area (Å²) < 4.78 is 16.9. The predicted octanol–water partition coefficient (Wildman–Crippen LogP) is 21.0. The Bertz CT molecular complexity index is 1230. The third-order valence-corrected chi connectivity index (χ3v) is 13.8. The van der Waals surface area contributed by atoms with E-state index in [0.29, 0.717) is 19.3 Å². The fourth-order valence-corrected chi connectivity index (χ4v) is 9.09. The Kier molecular flexibility index (Phi) is 57.7. The number of carbonyl (C=O) groups excluding carboxylic acids is 3. The van der Waals surface area contributed by atoms with E-state index < -0.39 is 6.10 Å². The Hall–Kier alpha value is -2.63. The minimum atomic E-state index is -0.776. The maximum Gasteiger partial charge on any atom is 0.306 e. The van der Waals surface area contributed by atoms with Crippen molar-refractivity contribution in [1.29, 1.82) is 0 Å². The number of allylic oxidation sites excluding steroid dienone is 8. The van der Waals surface area contributed by atoms with Crippen LogP contribution in [0.15, 0.2) is 48.6 Å². The molecule has 0 aromatic heterocycles. The summed E-state index contributed by atoms with van der Waals surface area (Å²) in [5, 5.41) is 0. The summed E-state index contributed by atoms with van der Waals surface area (Å²) in [4.78, 5) is 38.3. The molecular weight excluding hydrogens is 877 g/mol. The van der Waals surface area contributed by atoms with Gasteiger partial charge in [0.2, 0.25) is 0 Å². The van der Waals surface area contributed by atoms with Crippen LogP contribution in [0, 0.1) is 0 Å². The Balaban J connectivity index is 4.35. The molecule has 0 amide bonds. The topological polar surface area (TPSA) is 78.9 Å². The quantitative estimate of drug-likeness (QED) is 0.0261. The minimum Gasteiger partial charge on any atom is -0.462 e. The van der Waals surface area contributed by atoms with Crippen LogP contribution in [-0.2, 0) is 28.6 Å². The van der Waals surface area contributed by atoms with Gasteiger partial charge in [0.1, 0.15) is 13.2 Å². The van der Waals surface area contributed by atoms with E-state index in [9.17, 15) is 14.4 Å². The summed E-state index contributed by atoms with van der Waals surface area (Å²) in [6.45, 7) is 6.63. The van der Waals surface area contributed by atoms with E-state index in [-0.39, 0.29) is 31.1 Å². The van der Waals surface area contributed by atoms with Gasteiger partial charge in [0, 0.05) is 19.3 Å². The second kappa shape index (κ2) is 59.9. The molecule has 414 valence electrons. The molecule has 0 saturated heterocycles. The highest BCUT2D eigenvalue weighted by molar-refractivity contribution is 5.71. The zero-order chi connectivity index (χ0) is 51.4. The number of rotatable bonds is 57. The number of carbonyl (C=O) groups is 3. The molecule has 0 unspecified atom stereocenters. The summed E-state index contributed by atoms with van der Waals surface area (Å²) in [6.07, 6.45) is 73.8. The standard InChI is InChI=1S/C65H118O6/c1-4-7-10-13-16-19-22-25-28-30-32-34-37-40-43-46-49-52-55-58-64(67)70-61-62(60-69-63(66)57-54-51-48-45-42-39-36-27-24-21-18-15-12-9-6-3)71-65(68)59-56-53-50-47-44-41-38-35-33-31-29-26-23-20-17-14-11-8-5-2/h16-17,19-20,25-26,28-29,62H,4-15,18,21-24,27,30-61H2,1-3H3/b19-16-,20-17-,28-25-,29-26-/t62-/m1/s1. The zero-order valence-electron chi connectivity index (χ0n) is 47.5. The number of hydrogen-bond acceptors (Lipinski definition) is 6. The van der Waals surface area contributed by atoms with Crippen molar-refractivity contribution >= 4 is 17.9 Å². The largest absolute Gasteiger partial charge is 0.462 e. The highest BCUT2D eigenvalue weighted by Crippen LogP contribution is 2.17. The molecule has 0 heterocycles. The number of unbranched alkanes of at least 4 members (excludes halogenated alkanes) is 38. The Morgan fingerprint density at radius 1 is 0.282 bits per heavy atom. The number of ether oxygens (including phenoxy) is 3. The Morgan fingerprint density at radius 3 is 0.803 bits per heavy atom. The van der Waals surface area contributed by atoms with Crippen LogP contribution < -0.4 is 0 Å². The molecule has 0 radical (unpaired) electrons. The summed E-state index contributed by atoms with van der Waals surface area (Å²) in [5.74, 6) is -0.861. The second-order valence-electron chi connectivity index (χ2n) is 21.0. The highest BCUT2D eigenvalue weighted by Gasteiger charge is 2.19. The van der Waals surface area contributed by atoms with Crippen LogP contribution in [0.4, 0.5) is 0 Å². The van der Waals surface area contributed by atoms with E-state index >= 15 is 0 Å². The lowest BCUT2D eigenvalue weighted by Crippen LogP contribution is -2.30. The van der Waals surface area contributed by atoms with Crippen molar-refractivity contribution in [1.82, 2.24) is 0 Å². The average molecular weight is 996 g/mol. The summed E-state index contributed by atoms with van der Waals surface area (Å²) in [6, 6.07) is 0. The molecule has 6 nitrogen and oxygen atoms in total. The fourth-order valence-electron chi connectivity index (χ4n) is 9.09. The molecule has 0 saturated carbocycles. The van der Waals surface area contributed by atoms with Crippen LogP contribution in [0.2, 0.25) is 0 Å². The van der Waals surface area contributed by atoms with Gasteiger partial charge >= 0.3 is 17.9 Å². The molecule has 0 aromatic rings. The van der Waals surface area contributed by atoms with Gasteiger partial charge in [0.15, 0.2) is 6.10 Å². The molecule has 0 aromatic carbocycles. The van der Waals surface area contributed by atoms with Gasteiger partial charge in [0.05, 0.1) is 0 Å². The molecule has 0 rings (SSSR count). The molecule has 1 atom stereocenters. The van der Waals surface area contributed by atoms with Gasteiger partial charge in [-0.15, -0.1) is 0 Å². The summed E-state index contributed by atoms with van der Waals surface area (Å²) >= 11 is 0. The van der Waals surface area contributed by atoms with Crippen LogP contribution in [0.1, 0.15) is 329 Å². The lowest BCUT2D eigenvalue weighted by Gasteiger charge is -2.18. The normalized spacial score (nSPS) is 12.3. The SMILES string of the molecule is CCCCC/C=C\C/C=C\CCCCCCCCCCCC(=O)OC[C@@H](COC(=O)CCCCCCCCCCCCCCCCC)OC(=O)CCCCCCCCCCC/C=C\C/C=C\CCCCC. The summed E-state index contributed by atoms with van der Waals surface area (Å²) in [5.41, 5.74) is 0. The highest BCUT2D eigenvalue weighted by atomic mass is 16.6. The molecule has 0 aliphatic heterocycles. The van der Waals surface area contributed by atoms with Crippen molar-refractivity contribution in [2.45, 2.75) is 335 Å². The molecule has 0 aliphatic carbocycles. The van der Waals surface area contributed by atoms with E-state index in [1.54, 1.807) is 0 Å². The third kappa shape index (κ3) is 58.1.